The molecule has 3 nitrogen and oxygen atoms in total. The van der Waals surface area contributed by atoms with E-state index < -0.39 is 11.6 Å². The molecule has 19 heavy (non-hydrogen) atoms. The zero-order valence-corrected chi connectivity index (χ0v) is 11.0. The molecule has 0 bridgehead atoms. The Balaban J connectivity index is 1.95. The predicted octanol–water partition coefficient (Wildman–Crippen LogP) is 2.78. The number of halogens is 2. The standard InChI is InChI=1S/C14H18F2N2O/c1-10-4-2-3-7-18(10)9-14(19)17-13-8-11(15)5-6-12(13)16/h5-6,8,10H,2-4,7,9H2,1H3,(H,17,19). The van der Waals surface area contributed by atoms with Crippen molar-refractivity contribution < 1.29 is 13.6 Å². The van der Waals surface area contributed by atoms with Gasteiger partial charge >= 0.3 is 0 Å². The van der Waals surface area contributed by atoms with Crippen molar-refractivity contribution in [3.05, 3.63) is 29.8 Å². The second kappa shape index (κ2) is 6.10. The molecule has 0 radical (unpaired) electrons. The summed E-state index contributed by atoms with van der Waals surface area (Å²) in [6.45, 7) is 3.17. The zero-order chi connectivity index (χ0) is 13.8. The number of piperidine rings is 1. The topological polar surface area (TPSA) is 32.3 Å². The van der Waals surface area contributed by atoms with Gasteiger partial charge in [0.15, 0.2) is 0 Å². The van der Waals surface area contributed by atoms with Gasteiger partial charge in [-0.2, -0.15) is 0 Å². The molecule has 1 heterocycles. The van der Waals surface area contributed by atoms with Gasteiger partial charge < -0.3 is 5.32 Å². The lowest BCUT2D eigenvalue weighted by molar-refractivity contribution is -0.118. The number of nitrogens with one attached hydrogen (secondary N) is 1. The molecule has 1 unspecified atom stereocenters. The average Bonchev–Trinajstić information content (AvgIpc) is 2.37. The van der Waals surface area contributed by atoms with Crippen molar-refractivity contribution in [3.63, 3.8) is 0 Å². The third kappa shape index (κ3) is 3.73. The van der Waals surface area contributed by atoms with Gasteiger partial charge in [0.2, 0.25) is 5.91 Å². The summed E-state index contributed by atoms with van der Waals surface area (Å²) in [5.74, 6) is -1.50. The number of benzene rings is 1. The molecule has 1 saturated heterocycles. The minimum Gasteiger partial charge on any atom is -0.322 e. The van der Waals surface area contributed by atoms with E-state index in [0.29, 0.717) is 6.04 Å². The maximum absolute atomic E-state index is 13.4. The van der Waals surface area contributed by atoms with Crippen LogP contribution in [0, 0.1) is 11.6 Å². The van der Waals surface area contributed by atoms with Crippen LogP contribution >= 0.6 is 0 Å². The lowest BCUT2D eigenvalue weighted by Gasteiger charge is -2.32. The molecule has 1 aliphatic heterocycles. The SMILES string of the molecule is CC1CCCCN1CC(=O)Nc1cc(F)ccc1F. The van der Waals surface area contributed by atoms with Gasteiger partial charge in [-0.15, -0.1) is 0 Å². The molecule has 1 amide bonds. The van der Waals surface area contributed by atoms with Gasteiger partial charge in [0.05, 0.1) is 12.2 Å². The first-order valence-electron chi connectivity index (χ1n) is 6.55. The van der Waals surface area contributed by atoms with Crippen LogP contribution < -0.4 is 5.32 Å². The Labute approximate surface area is 111 Å². The Morgan fingerprint density at radius 3 is 2.95 bits per heavy atom. The maximum Gasteiger partial charge on any atom is 0.238 e. The summed E-state index contributed by atoms with van der Waals surface area (Å²) in [6.07, 6.45) is 3.32. The fourth-order valence-electron chi connectivity index (χ4n) is 2.36. The number of carbonyl (C=O) groups is 1. The second-order valence-corrected chi connectivity index (χ2v) is 4.99. The number of hydrogen-bond acceptors (Lipinski definition) is 2. The quantitative estimate of drug-likeness (QED) is 0.914. The Morgan fingerprint density at radius 2 is 2.21 bits per heavy atom. The Morgan fingerprint density at radius 1 is 1.42 bits per heavy atom. The lowest BCUT2D eigenvalue weighted by Crippen LogP contribution is -2.42. The van der Waals surface area contributed by atoms with E-state index in [1.165, 1.54) is 6.42 Å². The van der Waals surface area contributed by atoms with Crippen LogP contribution in [0.1, 0.15) is 26.2 Å². The molecule has 104 valence electrons. The van der Waals surface area contributed by atoms with E-state index in [4.69, 9.17) is 0 Å². The van der Waals surface area contributed by atoms with Crippen LogP contribution in [0.3, 0.4) is 0 Å². The van der Waals surface area contributed by atoms with Crippen molar-refractivity contribution in [1.82, 2.24) is 4.90 Å². The molecule has 1 atom stereocenters. The molecule has 1 aromatic carbocycles. The van der Waals surface area contributed by atoms with Crippen LogP contribution in [-0.2, 0) is 4.79 Å². The number of hydrogen-bond donors (Lipinski definition) is 1. The summed E-state index contributed by atoms with van der Waals surface area (Å²) < 4.78 is 26.4. The van der Waals surface area contributed by atoms with E-state index in [1.807, 2.05) is 0 Å². The van der Waals surface area contributed by atoms with Gasteiger partial charge in [-0.05, 0) is 38.4 Å². The molecular weight excluding hydrogens is 250 g/mol. The number of carbonyl (C=O) groups excluding carboxylic acids is 1. The van der Waals surface area contributed by atoms with Gasteiger partial charge in [-0.3, -0.25) is 9.69 Å². The van der Waals surface area contributed by atoms with Crippen LogP contribution in [0.25, 0.3) is 0 Å². The molecule has 0 aliphatic carbocycles. The third-order valence-corrected chi connectivity index (χ3v) is 3.49. The number of anilines is 1. The Bertz CT molecular complexity index is 465. The number of amides is 1. The fraction of sp³-hybridized carbons (Fsp3) is 0.500. The Hall–Kier alpha value is -1.49. The van der Waals surface area contributed by atoms with E-state index in [1.54, 1.807) is 0 Å². The van der Waals surface area contributed by atoms with Crippen LogP contribution in [0.15, 0.2) is 18.2 Å². The second-order valence-electron chi connectivity index (χ2n) is 4.99. The van der Waals surface area contributed by atoms with Crippen molar-refractivity contribution in [2.75, 3.05) is 18.4 Å². The van der Waals surface area contributed by atoms with Crippen molar-refractivity contribution >= 4 is 11.6 Å². The summed E-state index contributed by atoms with van der Waals surface area (Å²) in [5, 5.41) is 2.42. The molecule has 5 heteroatoms. The smallest absolute Gasteiger partial charge is 0.238 e. The van der Waals surface area contributed by atoms with Crippen molar-refractivity contribution in [2.24, 2.45) is 0 Å². The molecule has 0 aromatic heterocycles. The van der Waals surface area contributed by atoms with Crippen LogP contribution in [0.5, 0.6) is 0 Å². The first-order chi connectivity index (χ1) is 9.06. The average molecular weight is 268 g/mol. The van der Waals surface area contributed by atoms with Gasteiger partial charge in [0.25, 0.3) is 0 Å². The summed E-state index contributed by atoms with van der Waals surface area (Å²) in [4.78, 5) is 13.9. The minimum absolute atomic E-state index is 0.102. The van der Waals surface area contributed by atoms with Gasteiger partial charge in [0, 0.05) is 12.1 Å². The van der Waals surface area contributed by atoms with E-state index in [9.17, 15) is 13.6 Å². The highest BCUT2D eigenvalue weighted by molar-refractivity contribution is 5.92. The van der Waals surface area contributed by atoms with Crippen LogP contribution in [-0.4, -0.2) is 29.9 Å². The largest absolute Gasteiger partial charge is 0.322 e. The summed E-state index contributed by atoms with van der Waals surface area (Å²) in [7, 11) is 0. The molecule has 2 rings (SSSR count). The van der Waals surface area contributed by atoms with Gasteiger partial charge in [0.1, 0.15) is 11.6 Å². The van der Waals surface area contributed by atoms with Crippen LogP contribution in [0.4, 0.5) is 14.5 Å². The first-order valence-corrected chi connectivity index (χ1v) is 6.55. The van der Waals surface area contributed by atoms with Crippen molar-refractivity contribution in [3.8, 4) is 0 Å². The summed E-state index contributed by atoms with van der Waals surface area (Å²) in [6, 6.07) is 3.39. The van der Waals surface area contributed by atoms with Gasteiger partial charge in [-0.1, -0.05) is 6.42 Å². The highest BCUT2D eigenvalue weighted by Gasteiger charge is 2.20. The van der Waals surface area contributed by atoms with E-state index >= 15 is 0 Å². The van der Waals surface area contributed by atoms with Crippen molar-refractivity contribution in [2.45, 2.75) is 32.2 Å². The highest BCUT2D eigenvalue weighted by atomic mass is 19.1. The molecular formula is C14H18F2N2O. The molecule has 0 saturated carbocycles. The zero-order valence-electron chi connectivity index (χ0n) is 11.0. The minimum atomic E-state index is -0.624. The maximum atomic E-state index is 13.4. The third-order valence-electron chi connectivity index (χ3n) is 3.49. The van der Waals surface area contributed by atoms with Gasteiger partial charge in [-0.25, -0.2) is 8.78 Å². The van der Waals surface area contributed by atoms with E-state index in [-0.39, 0.29) is 18.1 Å². The number of rotatable bonds is 3. The Kier molecular flexibility index (Phi) is 4.47. The number of nitrogens with zero attached hydrogens (tertiary/aromatic N) is 1. The van der Waals surface area contributed by atoms with E-state index in [2.05, 4.69) is 17.1 Å². The normalized spacial score (nSPS) is 20.3. The van der Waals surface area contributed by atoms with E-state index in [0.717, 1.165) is 37.6 Å². The van der Waals surface area contributed by atoms with Crippen molar-refractivity contribution in [1.29, 1.82) is 0 Å². The first kappa shape index (κ1) is 13.9. The predicted molar refractivity (Wildman–Crippen MR) is 69.9 cm³/mol. The van der Waals surface area contributed by atoms with Crippen LogP contribution in [0.2, 0.25) is 0 Å². The fourth-order valence-corrected chi connectivity index (χ4v) is 2.36. The summed E-state index contributed by atoms with van der Waals surface area (Å²) >= 11 is 0. The summed E-state index contributed by atoms with van der Waals surface area (Å²) in [5.41, 5.74) is -0.102. The lowest BCUT2D eigenvalue weighted by atomic mass is 10.0. The molecule has 1 aromatic rings. The number of likely N-dealkylation sites (tertiary alicyclic amines) is 1. The molecule has 1 aliphatic rings. The molecule has 1 fully saturated rings. The monoisotopic (exact) mass is 268 g/mol. The molecule has 1 N–H and O–H groups in total. The highest BCUT2D eigenvalue weighted by Crippen LogP contribution is 2.18. The molecule has 0 spiro atoms.